The summed E-state index contributed by atoms with van der Waals surface area (Å²) in [6, 6.07) is 0. The molecular weight excluding hydrogens is 244 g/mol. The number of carbonyl (C=O) groups is 2. The van der Waals surface area contributed by atoms with Crippen LogP contribution in [0.5, 0.6) is 0 Å². The van der Waals surface area contributed by atoms with Crippen LogP contribution in [-0.4, -0.2) is 66.9 Å². The first-order chi connectivity index (χ1) is 8.61. The molecule has 0 aliphatic carbocycles. The second-order valence-corrected chi connectivity index (χ2v) is 3.64. The summed E-state index contributed by atoms with van der Waals surface area (Å²) in [6.07, 6.45) is -0.943. The second kappa shape index (κ2) is 7.17. The van der Waals surface area contributed by atoms with Gasteiger partial charge in [0.15, 0.2) is 0 Å². The van der Waals surface area contributed by atoms with Crippen molar-refractivity contribution in [2.75, 3.05) is 33.0 Å². The minimum atomic E-state index is -1.08. The molecule has 18 heavy (non-hydrogen) atoms. The summed E-state index contributed by atoms with van der Waals surface area (Å²) in [5, 5.41) is 27.0. The van der Waals surface area contributed by atoms with Crippen molar-refractivity contribution >= 4 is 17.5 Å². The Kier molecular flexibility index (Phi) is 5.86. The van der Waals surface area contributed by atoms with Crippen molar-refractivity contribution in [3.63, 3.8) is 0 Å². The third kappa shape index (κ3) is 3.57. The van der Waals surface area contributed by atoms with Crippen LogP contribution < -0.4 is 5.32 Å². The molecule has 1 aliphatic rings. The van der Waals surface area contributed by atoms with Crippen LogP contribution in [0.1, 0.15) is 0 Å². The Labute approximate surface area is 103 Å². The van der Waals surface area contributed by atoms with Crippen molar-refractivity contribution in [2.24, 2.45) is 5.92 Å². The summed E-state index contributed by atoms with van der Waals surface area (Å²) >= 11 is 0. The largest absolute Gasteiger partial charge is 0.394 e. The average Bonchev–Trinajstić information content (AvgIpc) is 2.59. The fourth-order valence-corrected chi connectivity index (χ4v) is 1.56. The van der Waals surface area contributed by atoms with E-state index < -0.39 is 36.2 Å². The van der Waals surface area contributed by atoms with E-state index in [0.29, 0.717) is 0 Å². The quantitative estimate of drug-likeness (QED) is 0.286. The van der Waals surface area contributed by atoms with Gasteiger partial charge in [-0.15, -0.1) is 0 Å². The molecule has 2 atom stereocenters. The van der Waals surface area contributed by atoms with E-state index in [1.54, 1.807) is 0 Å². The number of aliphatic hydroxyl groups excluding tert-OH is 2. The lowest BCUT2D eigenvalue weighted by Gasteiger charge is -2.19. The van der Waals surface area contributed by atoms with Crippen LogP contribution in [0.2, 0.25) is 0 Å². The van der Waals surface area contributed by atoms with Gasteiger partial charge in [-0.25, -0.2) is 0 Å². The number of ether oxygens (including phenoxy) is 2. The van der Waals surface area contributed by atoms with Crippen LogP contribution in [0.3, 0.4) is 0 Å². The number of carbonyl (C=O) groups excluding carboxylic acids is 2. The zero-order chi connectivity index (χ0) is 13.5. The Morgan fingerprint density at radius 3 is 2.50 bits per heavy atom. The van der Waals surface area contributed by atoms with Gasteiger partial charge in [-0.1, -0.05) is 0 Å². The lowest BCUT2D eigenvalue weighted by atomic mass is 9.99. The topological polar surface area (TPSA) is 129 Å². The molecule has 8 heteroatoms. The van der Waals surface area contributed by atoms with Gasteiger partial charge in [-0.05, 0) is 0 Å². The van der Waals surface area contributed by atoms with E-state index in [4.69, 9.17) is 25.1 Å². The zero-order valence-corrected chi connectivity index (χ0v) is 9.72. The number of aliphatic hydroxyl groups is 2. The molecular formula is C10H16N2O6. The Morgan fingerprint density at radius 2 is 2.00 bits per heavy atom. The standard InChI is InChI=1S/C10H16N2O6/c11-8-7(9(15)12-10(8)16)6(5-14)18-4-3-17-2-1-13/h6-7,11,13-14H,1-5H2,(H,12,15,16). The van der Waals surface area contributed by atoms with Crippen LogP contribution in [0.25, 0.3) is 0 Å². The monoisotopic (exact) mass is 260 g/mol. The van der Waals surface area contributed by atoms with E-state index in [9.17, 15) is 9.59 Å². The highest BCUT2D eigenvalue weighted by atomic mass is 16.5. The fraction of sp³-hybridized carbons (Fsp3) is 0.700. The van der Waals surface area contributed by atoms with E-state index in [2.05, 4.69) is 0 Å². The Hall–Kier alpha value is -1.35. The third-order valence-corrected chi connectivity index (χ3v) is 2.42. The first-order valence-corrected chi connectivity index (χ1v) is 5.46. The van der Waals surface area contributed by atoms with E-state index in [0.717, 1.165) is 0 Å². The summed E-state index contributed by atoms with van der Waals surface area (Å²) in [6.45, 7) is -0.129. The lowest BCUT2D eigenvalue weighted by Crippen LogP contribution is -2.37. The lowest BCUT2D eigenvalue weighted by molar-refractivity contribution is -0.129. The van der Waals surface area contributed by atoms with E-state index in [1.165, 1.54) is 0 Å². The predicted molar refractivity (Wildman–Crippen MR) is 59.1 cm³/mol. The second-order valence-electron chi connectivity index (χ2n) is 3.64. The SMILES string of the molecule is N=C1C(=O)NC(=O)C1C(CO)OCCOCCO. The maximum atomic E-state index is 11.4. The van der Waals surface area contributed by atoms with Crippen LogP contribution in [-0.2, 0) is 19.1 Å². The Balaban J connectivity index is 2.43. The van der Waals surface area contributed by atoms with Gasteiger partial charge in [0.05, 0.1) is 39.1 Å². The van der Waals surface area contributed by atoms with Gasteiger partial charge in [0.25, 0.3) is 5.91 Å². The normalized spacial score (nSPS) is 21.2. The third-order valence-electron chi connectivity index (χ3n) is 2.42. The molecule has 0 aromatic carbocycles. The molecule has 1 heterocycles. The number of amides is 2. The highest BCUT2D eigenvalue weighted by Gasteiger charge is 2.42. The van der Waals surface area contributed by atoms with Crippen molar-refractivity contribution in [3.05, 3.63) is 0 Å². The van der Waals surface area contributed by atoms with Crippen LogP contribution in [0.15, 0.2) is 0 Å². The van der Waals surface area contributed by atoms with Gasteiger partial charge in [0, 0.05) is 0 Å². The molecule has 2 unspecified atom stereocenters. The minimum Gasteiger partial charge on any atom is -0.394 e. The smallest absolute Gasteiger partial charge is 0.272 e. The van der Waals surface area contributed by atoms with Gasteiger partial charge < -0.3 is 19.7 Å². The van der Waals surface area contributed by atoms with E-state index >= 15 is 0 Å². The maximum absolute atomic E-state index is 11.4. The van der Waals surface area contributed by atoms with E-state index in [1.807, 2.05) is 5.32 Å². The predicted octanol–water partition coefficient (Wildman–Crippen LogP) is -2.33. The molecule has 1 fully saturated rings. The first kappa shape index (κ1) is 14.7. The summed E-state index contributed by atoms with van der Waals surface area (Å²) in [5.41, 5.74) is -0.407. The highest BCUT2D eigenvalue weighted by molar-refractivity contribution is 6.49. The molecule has 1 saturated heterocycles. The molecule has 0 bridgehead atoms. The number of hydrogen-bond donors (Lipinski definition) is 4. The minimum absolute atomic E-state index is 0.0937. The maximum Gasteiger partial charge on any atom is 0.272 e. The molecule has 2 amide bonds. The molecule has 102 valence electrons. The average molecular weight is 260 g/mol. The molecule has 0 spiro atoms. The molecule has 8 nitrogen and oxygen atoms in total. The van der Waals surface area contributed by atoms with Gasteiger partial charge in [-0.3, -0.25) is 20.3 Å². The van der Waals surface area contributed by atoms with Crippen LogP contribution >= 0.6 is 0 Å². The highest BCUT2D eigenvalue weighted by Crippen LogP contribution is 2.15. The molecule has 0 radical (unpaired) electrons. The molecule has 0 aromatic heterocycles. The van der Waals surface area contributed by atoms with Crippen LogP contribution in [0.4, 0.5) is 0 Å². The Morgan fingerprint density at radius 1 is 1.28 bits per heavy atom. The molecule has 4 N–H and O–H groups in total. The molecule has 1 rings (SSSR count). The van der Waals surface area contributed by atoms with Crippen molar-refractivity contribution in [2.45, 2.75) is 6.10 Å². The fourth-order valence-electron chi connectivity index (χ4n) is 1.56. The van der Waals surface area contributed by atoms with Crippen molar-refractivity contribution in [1.82, 2.24) is 5.32 Å². The van der Waals surface area contributed by atoms with Crippen molar-refractivity contribution < 1.29 is 29.3 Å². The molecule has 1 aliphatic heterocycles. The number of imide groups is 1. The zero-order valence-electron chi connectivity index (χ0n) is 9.72. The summed E-state index contributed by atoms with van der Waals surface area (Å²) in [5.74, 6) is -2.48. The number of rotatable bonds is 8. The first-order valence-electron chi connectivity index (χ1n) is 5.46. The van der Waals surface area contributed by atoms with Crippen molar-refractivity contribution in [3.8, 4) is 0 Å². The summed E-state index contributed by atoms with van der Waals surface area (Å²) < 4.78 is 10.1. The number of nitrogens with one attached hydrogen (secondary N) is 2. The summed E-state index contributed by atoms with van der Waals surface area (Å²) in [4.78, 5) is 22.5. The summed E-state index contributed by atoms with van der Waals surface area (Å²) in [7, 11) is 0. The van der Waals surface area contributed by atoms with Gasteiger partial charge >= 0.3 is 0 Å². The van der Waals surface area contributed by atoms with E-state index in [-0.39, 0.29) is 26.4 Å². The van der Waals surface area contributed by atoms with Crippen LogP contribution in [0, 0.1) is 11.3 Å². The Bertz CT molecular complexity index is 332. The number of hydrogen-bond acceptors (Lipinski definition) is 7. The van der Waals surface area contributed by atoms with Gasteiger partial charge in [0.1, 0.15) is 11.6 Å². The van der Waals surface area contributed by atoms with Crippen molar-refractivity contribution in [1.29, 1.82) is 5.41 Å². The van der Waals surface area contributed by atoms with Gasteiger partial charge in [0.2, 0.25) is 5.91 Å². The molecule has 0 saturated carbocycles. The van der Waals surface area contributed by atoms with Gasteiger partial charge in [-0.2, -0.15) is 0 Å². The molecule has 0 aromatic rings.